The minimum atomic E-state index is 0.732. The third kappa shape index (κ3) is 2.58. The normalized spacial score (nSPS) is 10.0. The van der Waals surface area contributed by atoms with Gasteiger partial charge in [-0.1, -0.05) is 18.2 Å². The Balaban J connectivity index is 2.29. The van der Waals surface area contributed by atoms with Gasteiger partial charge in [-0.15, -0.1) is 0 Å². The first-order chi connectivity index (χ1) is 7.27. The van der Waals surface area contributed by atoms with E-state index in [0.717, 1.165) is 20.6 Å². The number of nitrogens with zero attached hydrogens (tertiary/aromatic N) is 1. The van der Waals surface area contributed by atoms with Gasteiger partial charge in [0.1, 0.15) is 16.1 Å². The summed E-state index contributed by atoms with van der Waals surface area (Å²) in [4.78, 5) is 4.07. The molecule has 0 bridgehead atoms. The summed E-state index contributed by atoms with van der Waals surface area (Å²) < 4.78 is 7.22. The molecule has 4 heteroatoms. The van der Waals surface area contributed by atoms with E-state index < -0.39 is 0 Å². The first-order valence-electron chi connectivity index (χ1n) is 4.30. The molecule has 0 aliphatic carbocycles. The highest BCUT2D eigenvalue weighted by molar-refractivity contribution is 9.13. The predicted octanol–water partition coefficient (Wildman–Crippen LogP) is 4.40. The molecule has 2 aromatic rings. The first kappa shape index (κ1) is 10.6. The zero-order chi connectivity index (χ0) is 10.7. The number of aromatic nitrogens is 1. The fourth-order valence-corrected chi connectivity index (χ4v) is 1.73. The third-order valence-electron chi connectivity index (χ3n) is 1.78. The van der Waals surface area contributed by atoms with Crippen molar-refractivity contribution in [2.75, 3.05) is 0 Å². The molecule has 1 heterocycles. The monoisotopic (exact) mass is 327 g/mol. The van der Waals surface area contributed by atoms with E-state index in [4.69, 9.17) is 4.74 Å². The van der Waals surface area contributed by atoms with Crippen LogP contribution in [0.4, 0.5) is 0 Å². The highest BCUT2D eigenvalue weighted by Crippen LogP contribution is 2.33. The zero-order valence-electron chi connectivity index (χ0n) is 7.65. The molecule has 76 valence electrons. The van der Waals surface area contributed by atoms with Gasteiger partial charge in [-0.25, -0.2) is 4.98 Å². The van der Waals surface area contributed by atoms with Crippen LogP contribution in [0.1, 0.15) is 0 Å². The second kappa shape index (κ2) is 4.77. The topological polar surface area (TPSA) is 22.1 Å². The highest BCUT2D eigenvalue weighted by Gasteiger charge is 2.06. The number of para-hydroxylation sites is 1. The molecule has 0 radical (unpaired) electrons. The van der Waals surface area contributed by atoms with Gasteiger partial charge in [0.25, 0.3) is 0 Å². The van der Waals surface area contributed by atoms with E-state index in [1.54, 1.807) is 6.20 Å². The number of ether oxygens (including phenoxy) is 1. The summed E-state index contributed by atoms with van der Waals surface area (Å²) >= 11 is 6.72. The number of benzene rings is 1. The van der Waals surface area contributed by atoms with Gasteiger partial charge in [-0.3, -0.25) is 0 Å². The lowest BCUT2D eigenvalue weighted by Crippen LogP contribution is -1.87. The molecule has 1 aromatic carbocycles. The van der Waals surface area contributed by atoms with E-state index in [-0.39, 0.29) is 0 Å². The van der Waals surface area contributed by atoms with Crippen LogP contribution in [-0.2, 0) is 0 Å². The summed E-state index contributed by atoms with van der Waals surface area (Å²) in [5.41, 5.74) is 0. The fourth-order valence-electron chi connectivity index (χ4n) is 1.10. The van der Waals surface area contributed by atoms with Crippen LogP contribution in [0, 0.1) is 0 Å². The molecular weight excluding hydrogens is 322 g/mol. The summed E-state index contributed by atoms with van der Waals surface area (Å²) in [5, 5.41) is 0. The predicted molar refractivity (Wildman–Crippen MR) is 66.2 cm³/mol. The Labute approximate surface area is 105 Å². The van der Waals surface area contributed by atoms with Crippen molar-refractivity contribution in [1.82, 2.24) is 4.98 Å². The molecule has 1 aromatic heterocycles. The summed E-state index contributed by atoms with van der Waals surface area (Å²) in [7, 11) is 0. The average Bonchev–Trinajstić information content (AvgIpc) is 2.26. The molecule has 15 heavy (non-hydrogen) atoms. The SMILES string of the molecule is Brc1nccc(Oc2ccccc2)c1Br. The Morgan fingerprint density at radius 1 is 1.00 bits per heavy atom. The Morgan fingerprint density at radius 2 is 1.73 bits per heavy atom. The van der Waals surface area contributed by atoms with Gasteiger partial charge in [-0.2, -0.15) is 0 Å². The van der Waals surface area contributed by atoms with Gasteiger partial charge >= 0.3 is 0 Å². The smallest absolute Gasteiger partial charge is 0.145 e. The maximum absolute atomic E-state index is 5.67. The van der Waals surface area contributed by atoms with Crippen molar-refractivity contribution < 1.29 is 4.74 Å². The van der Waals surface area contributed by atoms with Crippen molar-refractivity contribution in [1.29, 1.82) is 0 Å². The van der Waals surface area contributed by atoms with E-state index in [9.17, 15) is 0 Å². The van der Waals surface area contributed by atoms with Crippen LogP contribution < -0.4 is 4.74 Å². The minimum Gasteiger partial charge on any atom is -0.456 e. The van der Waals surface area contributed by atoms with Crippen LogP contribution in [0.25, 0.3) is 0 Å². The Kier molecular flexibility index (Phi) is 3.38. The summed E-state index contributed by atoms with van der Waals surface area (Å²) in [6.07, 6.45) is 1.69. The van der Waals surface area contributed by atoms with Crippen molar-refractivity contribution in [3.05, 3.63) is 51.7 Å². The molecule has 0 spiro atoms. The van der Waals surface area contributed by atoms with Crippen LogP contribution in [0.5, 0.6) is 11.5 Å². The molecule has 2 rings (SSSR count). The van der Waals surface area contributed by atoms with Crippen molar-refractivity contribution in [3.8, 4) is 11.5 Å². The molecule has 0 atom stereocenters. The zero-order valence-corrected chi connectivity index (χ0v) is 10.8. The van der Waals surface area contributed by atoms with Crippen LogP contribution in [0.2, 0.25) is 0 Å². The first-order valence-corrected chi connectivity index (χ1v) is 5.89. The van der Waals surface area contributed by atoms with Gasteiger partial charge in [0.15, 0.2) is 0 Å². The van der Waals surface area contributed by atoms with Crippen molar-refractivity contribution >= 4 is 31.9 Å². The van der Waals surface area contributed by atoms with Gasteiger partial charge < -0.3 is 4.74 Å². The molecule has 0 amide bonds. The van der Waals surface area contributed by atoms with E-state index in [1.165, 1.54) is 0 Å². The molecule has 0 aliphatic rings. The lowest BCUT2D eigenvalue weighted by Gasteiger charge is -2.07. The molecule has 0 saturated carbocycles. The molecule has 0 unspecified atom stereocenters. The van der Waals surface area contributed by atoms with E-state index in [1.807, 2.05) is 36.4 Å². The lowest BCUT2D eigenvalue weighted by molar-refractivity contribution is 0.478. The Morgan fingerprint density at radius 3 is 2.47 bits per heavy atom. The van der Waals surface area contributed by atoms with Gasteiger partial charge in [0, 0.05) is 12.3 Å². The second-order valence-electron chi connectivity index (χ2n) is 2.83. The molecule has 0 saturated heterocycles. The molecule has 2 nitrogen and oxygen atoms in total. The number of hydrogen-bond acceptors (Lipinski definition) is 2. The number of halogens is 2. The van der Waals surface area contributed by atoms with Crippen molar-refractivity contribution in [2.24, 2.45) is 0 Å². The third-order valence-corrected chi connectivity index (χ3v) is 3.68. The van der Waals surface area contributed by atoms with Gasteiger partial charge in [-0.05, 0) is 44.0 Å². The number of pyridine rings is 1. The van der Waals surface area contributed by atoms with E-state index >= 15 is 0 Å². The van der Waals surface area contributed by atoms with E-state index in [2.05, 4.69) is 36.8 Å². The van der Waals surface area contributed by atoms with Crippen LogP contribution >= 0.6 is 31.9 Å². The molecule has 0 N–H and O–H groups in total. The average molecular weight is 329 g/mol. The lowest BCUT2D eigenvalue weighted by atomic mass is 10.3. The van der Waals surface area contributed by atoms with Crippen LogP contribution in [-0.4, -0.2) is 4.98 Å². The van der Waals surface area contributed by atoms with Gasteiger partial charge in [0.2, 0.25) is 0 Å². The Hall–Kier alpha value is -0.870. The molecule has 0 aliphatic heterocycles. The highest BCUT2D eigenvalue weighted by atomic mass is 79.9. The standard InChI is InChI=1S/C11H7Br2NO/c12-10-9(6-7-14-11(10)13)15-8-4-2-1-3-5-8/h1-7H. The van der Waals surface area contributed by atoms with E-state index in [0.29, 0.717) is 0 Å². The summed E-state index contributed by atoms with van der Waals surface area (Å²) in [6, 6.07) is 11.4. The molecule has 0 fully saturated rings. The number of rotatable bonds is 2. The second-order valence-corrected chi connectivity index (χ2v) is 4.37. The minimum absolute atomic E-state index is 0.732. The Bertz CT molecular complexity index is 459. The quantitative estimate of drug-likeness (QED) is 0.762. The maximum atomic E-state index is 5.67. The fraction of sp³-hybridized carbons (Fsp3) is 0. The van der Waals surface area contributed by atoms with Crippen LogP contribution in [0.3, 0.4) is 0 Å². The van der Waals surface area contributed by atoms with Gasteiger partial charge in [0.05, 0.1) is 4.47 Å². The number of hydrogen-bond donors (Lipinski definition) is 0. The van der Waals surface area contributed by atoms with Crippen molar-refractivity contribution in [3.63, 3.8) is 0 Å². The molecular formula is C11H7Br2NO. The largest absolute Gasteiger partial charge is 0.456 e. The van der Waals surface area contributed by atoms with Crippen molar-refractivity contribution in [2.45, 2.75) is 0 Å². The summed E-state index contributed by atoms with van der Waals surface area (Å²) in [6.45, 7) is 0. The summed E-state index contributed by atoms with van der Waals surface area (Å²) in [5.74, 6) is 1.54. The maximum Gasteiger partial charge on any atom is 0.145 e. The van der Waals surface area contributed by atoms with Crippen LogP contribution in [0.15, 0.2) is 51.7 Å².